The van der Waals surface area contributed by atoms with Gasteiger partial charge in [-0.25, -0.2) is 13.2 Å². The summed E-state index contributed by atoms with van der Waals surface area (Å²) in [7, 11) is -3.50. The fourth-order valence-electron chi connectivity index (χ4n) is 1.72. The number of aromatic carboxylic acids is 1. The molecule has 0 bridgehead atoms. The Hall–Kier alpha value is -2.05. The molecule has 110 valence electrons. The highest BCUT2D eigenvalue weighted by atomic mass is 35.5. The molecule has 0 aliphatic carbocycles. The molecule has 0 fully saturated rings. The van der Waals surface area contributed by atoms with Crippen LogP contribution in [0.15, 0.2) is 47.4 Å². The van der Waals surface area contributed by atoms with Crippen LogP contribution in [-0.2, 0) is 9.84 Å². The zero-order chi connectivity index (χ0) is 15.6. The fraction of sp³-hybridized carbons (Fsp3) is 0.0714. The molecule has 0 aromatic heterocycles. The van der Waals surface area contributed by atoms with Crippen LogP contribution in [0.1, 0.15) is 10.4 Å². The first-order valence-corrected chi connectivity index (χ1v) is 8.06. The summed E-state index contributed by atoms with van der Waals surface area (Å²) in [5, 5.41) is 9.41. The molecule has 5 nitrogen and oxygen atoms in total. The third-order valence-corrected chi connectivity index (χ3v) is 4.01. The Morgan fingerprint density at radius 3 is 2.43 bits per heavy atom. The molecule has 0 radical (unpaired) electrons. The van der Waals surface area contributed by atoms with E-state index in [1.807, 2.05) is 0 Å². The summed E-state index contributed by atoms with van der Waals surface area (Å²) in [5.41, 5.74) is -0.109. The van der Waals surface area contributed by atoms with Crippen molar-refractivity contribution in [3.8, 4) is 11.5 Å². The summed E-state index contributed by atoms with van der Waals surface area (Å²) in [4.78, 5) is 11.1. The summed E-state index contributed by atoms with van der Waals surface area (Å²) in [6.07, 6.45) is 1.05. The number of hydrogen-bond donors (Lipinski definition) is 1. The first-order chi connectivity index (χ1) is 9.79. The summed E-state index contributed by atoms with van der Waals surface area (Å²) < 4.78 is 28.9. The van der Waals surface area contributed by atoms with Crippen LogP contribution in [-0.4, -0.2) is 25.7 Å². The van der Waals surface area contributed by atoms with Crippen LogP contribution in [0.4, 0.5) is 0 Å². The molecule has 0 saturated heterocycles. The van der Waals surface area contributed by atoms with Gasteiger partial charge in [-0.15, -0.1) is 0 Å². The quantitative estimate of drug-likeness (QED) is 0.932. The van der Waals surface area contributed by atoms with Crippen molar-refractivity contribution in [2.24, 2.45) is 0 Å². The zero-order valence-electron chi connectivity index (χ0n) is 10.9. The molecule has 0 aliphatic heterocycles. The first-order valence-electron chi connectivity index (χ1n) is 5.79. The van der Waals surface area contributed by atoms with Crippen molar-refractivity contribution in [1.82, 2.24) is 0 Å². The van der Waals surface area contributed by atoms with Gasteiger partial charge < -0.3 is 9.84 Å². The normalized spacial score (nSPS) is 11.1. The number of carbonyl (C=O) groups is 1. The van der Waals surface area contributed by atoms with Crippen molar-refractivity contribution in [2.45, 2.75) is 4.90 Å². The summed E-state index contributed by atoms with van der Waals surface area (Å²) in [6, 6.07) is 10.0. The summed E-state index contributed by atoms with van der Waals surface area (Å²) in [6.45, 7) is 0. The maximum atomic E-state index is 11.7. The van der Waals surface area contributed by atoms with Gasteiger partial charge in [0, 0.05) is 17.3 Å². The zero-order valence-corrected chi connectivity index (χ0v) is 12.5. The molecule has 21 heavy (non-hydrogen) atoms. The number of rotatable bonds is 4. The van der Waals surface area contributed by atoms with Crippen LogP contribution in [0.25, 0.3) is 0 Å². The Labute approximate surface area is 126 Å². The lowest BCUT2D eigenvalue weighted by atomic mass is 10.2. The lowest BCUT2D eigenvalue weighted by Gasteiger charge is -2.12. The average Bonchev–Trinajstić information content (AvgIpc) is 2.37. The standard InChI is InChI=1S/C14H11ClO5S/c1-21(18,19)13-5-3-2-4-11(13)20-12-8-9(15)6-7-10(12)14(16)17/h2-8H,1H3,(H,16,17). The molecule has 0 spiro atoms. The van der Waals surface area contributed by atoms with E-state index in [1.54, 1.807) is 12.1 Å². The SMILES string of the molecule is CS(=O)(=O)c1ccccc1Oc1cc(Cl)ccc1C(=O)O. The largest absolute Gasteiger partial charge is 0.478 e. The maximum Gasteiger partial charge on any atom is 0.339 e. The molecule has 0 saturated carbocycles. The minimum absolute atomic E-state index is 0.0221. The second-order valence-corrected chi connectivity index (χ2v) is 6.69. The molecule has 0 heterocycles. The number of para-hydroxylation sites is 1. The van der Waals surface area contributed by atoms with Gasteiger partial charge in [0.2, 0.25) is 0 Å². The second-order valence-electron chi connectivity index (χ2n) is 4.27. The van der Waals surface area contributed by atoms with Crippen LogP contribution in [0.2, 0.25) is 5.02 Å². The highest BCUT2D eigenvalue weighted by molar-refractivity contribution is 7.90. The van der Waals surface area contributed by atoms with Crippen molar-refractivity contribution in [3.63, 3.8) is 0 Å². The summed E-state index contributed by atoms with van der Waals surface area (Å²) in [5.74, 6) is -1.17. The molecule has 0 amide bonds. The number of ether oxygens (including phenoxy) is 1. The van der Waals surface area contributed by atoms with Crippen LogP contribution < -0.4 is 4.74 Å². The van der Waals surface area contributed by atoms with Crippen molar-refractivity contribution >= 4 is 27.4 Å². The fourth-order valence-corrected chi connectivity index (χ4v) is 2.68. The second kappa shape index (κ2) is 5.75. The smallest absolute Gasteiger partial charge is 0.339 e. The van der Waals surface area contributed by atoms with Gasteiger partial charge in [-0.1, -0.05) is 23.7 Å². The van der Waals surface area contributed by atoms with Crippen LogP contribution in [0.5, 0.6) is 11.5 Å². The van der Waals surface area contributed by atoms with Crippen LogP contribution in [0, 0.1) is 0 Å². The monoisotopic (exact) mass is 326 g/mol. The van der Waals surface area contributed by atoms with Crippen molar-refractivity contribution in [2.75, 3.05) is 6.26 Å². The summed E-state index contributed by atoms with van der Waals surface area (Å²) >= 11 is 5.83. The van der Waals surface area contributed by atoms with E-state index in [-0.39, 0.29) is 27.0 Å². The number of halogens is 1. The van der Waals surface area contributed by atoms with E-state index in [1.165, 1.54) is 30.3 Å². The van der Waals surface area contributed by atoms with Gasteiger partial charge in [0.25, 0.3) is 0 Å². The molecule has 1 N–H and O–H groups in total. The topological polar surface area (TPSA) is 80.7 Å². The molecule has 2 aromatic rings. The predicted molar refractivity (Wildman–Crippen MR) is 78.0 cm³/mol. The van der Waals surface area contributed by atoms with Gasteiger partial charge in [-0.2, -0.15) is 0 Å². The van der Waals surface area contributed by atoms with Gasteiger partial charge in [0.05, 0.1) is 0 Å². The van der Waals surface area contributed by atoms with Gasteiger partial charge >= 0.3 is 5.97 Å². The predicted octanol–water partition coefficient (Wildman–Crippen LogP) is 3.23. The molecule has 0 atom stereocenters. The minimum atomic E-state index is -3.50. The van der Waals surface area contributed by atoms with Crippen molar-refractivity contribution < 1.29 is 23.1 Å². The number of carboxylic acid groups (broad SMARTS) is 1. The highest BCUT2D eigenvalue weighted by Gasteiger charge is 2.18. The lowest BCUT2D eigenvalue weighted by Crippen LogP contribution is -2.03. The van der Waals surface area contributed by atoms with E-state index in [9.17, 15) is 13.2 Å². The minimum Gasteiger partial charge on any atom is -0.478 e. The lowest BCUT2D eigenvalue weighted by molar-refractivity contribution is 0.0694. The van der Waals surface area contributed by atoms with Crippen LogP contribution in [0.3, 0.4) is 0 Å². The van der Waals surface area contributed by atoms with E-state index >= 15 is 0 Å². The van der Waals surface area contributed by atoms with Crippen molar-refractivity contribution in [1.29, 1.82) is 0 Å². The molecule has 2 rings (SSSR count). The molecule has 0 unspecified atom stereocenters. The molecule has 7 heteroatoms. The van der Waals surface area contributed by atoms with Gasteiger partial charge in [-0.3, -0.25) is 0 Å². The average molecular weight is 327 g/mol. The van der Waals surface area contributed by atoms with E-state index in [4.69, 9.17) is 21.4 Å². The Morgan fingerprint density at radius 2 is 1.81 bits per heavy atom. The third kappa shape index (κ3) is 3.53. The van der Waals surface area contributed by atoms with E-state index in [0.717, 1.165) is 6.26 Å². The molecule has 0 aliphatic rings. The number of benzene rings is 2. The van der Waals surface area contributed by atoms with E-state index < -0.39 is 15.8 Å². The van der Waals surface area contributed by atoms with E-state index in [2.05, 4.69) is 0 Å². The highest BCUT2D eigenvalue weighted by Crippen LogP contribution is 2.32. The van der Waals surface area contributed by atoms with Gasteiger partial charge in [0.15, 0.2) is 9.84 Å². The van der Waals surface area contributed by atoms with Gasteiger partial charge in [0.1, 0.15) is 22.0 Å². The third-order valence-electron chi connectivity index (χ3n) is 2.64. The Kier molecular flexibility index (Phi) is 4.20. The van der Waals surface area contributed by atoms with Gasteiger partial charge in [-0.05, 0) is 24.3 Å². The Morgan fingerprint density at radius 1 is 1.14 bits per heavy atom. The van der Waals surface area contributed by atoms with E-state index in [0.29, 0.717) is 0 Å². The molecular weight excluding hydrogens is 316 g/mol. The Bertz CT molecular complexity index is 799. The number of hydrogen-bond acceptors (Lipinski definition) is 4. The van der Waals surface area contributed by atoms with Crippen LogP contribution >= 0.6 is 11.6 Å². The van der Waals surface area contributed by atoms with Crippen molar-refractivity contribution in [3.05, 3.63) is 53.1 Å². The number of carboxylic acids is 1. The number of sulfone groups is 1. The Balaban J connectivity index is 2.54. The molecular formula is C14H11ClO5S. The first kappa shape index (κ1) is 15.3. The maximum absolute atomic E-state index is 11.7. The molecule has 2 aromatic carbocycles.